The molecule has 0 fully saturated rings. The summed E-state index contributed by atoms with van der Waals surface area (Å²) < 4.78 is 10.8. The standard InChI is InChI=1S/C13H15BrClNO5/c1-20-5-4-16(7-13(18)19)12(17)8-21-11-3-2-9(15)6-10(11)14/h2-3,6H,4-5,7-8H2,1H3,(H,18,19). The van der Waals surface area contributed by atoms with Gasteiger partial charge < -0.3 is 19.5 Å². The van der Waals surface area contributed by atoms with Gasteiger partial charge in [0.15, 0.2) is 6.61 Å². The Labute approximate surface area is 135 Å². The largest absolute Gasteiger partial charge is 0.483 e. The first-order chi connectivity index (χ1) is 9.93. The number of carboxylic acid groups (broad SMARTS) is 1. The second-order valence-corrected chi connectivity index (χ2v) is 5.36. The number of carboxylic acids is 1. The molecule has 0 atom stereocenters. The van der Waals surface area contributed by atoms with E-state index >= 15 is 0 Å². The van der Waals surface area contributed by atoms with E-state index in [1.54, 1.807) is 18.2 Å². The molecule has 0 bridgehead atoms. The molecular formula is C13H15BrClNO5. The second-order valence-electron chi connectivity index (χ2n) is 4.07. The average Bonchev–Trinajstić information content (AvgIpc) is 2.41. The Kier molecular flexibility index (Phi) is 7.49. The van der Waals surface area contributed by atoms with Crippen LogP contribution in [0.25, 0.3) is 0 Å². The molecule has 8 heteroatoms. The van der Waals surface area contributed by atoms with Crippen molar-refractivity contribution in [2.24, 2.45) is 0 Å². The van der Waals surface area contributed by atoms with Crippen LogP contribution in [0.5, 0.6) is 5.75 Å². The normalized spacial score (nSPS) is 10.2. The van der Waals surface area contributed by atoms with E-state index in [0.29, 0.717) is 15.2 Å². The molecule has 0 heterocycles. The Morgan fingerprint density at radius 3 is 2.71 bits per heavy atom. The Bertz CT molecular complexity index is 511. The van der Waals surface area contributed by atoms with Crippen LogP contribution in [0.3, 0.4) is 0 Å². The van der Waals surface area contributed by atoms with Crippen molar-refractivity contribution in [1.29, 1.82) is 0 Å². The maximum Gasteiger partial charge on any atom is 0.323 e. The molecule has 1 rings (SSSR count). The number of carbonyl (C=O) groups is 2. The van der Waals surface area contributed by atoms with Crippen molar-refractivity contribution in [3.8, 4) is 5.75 Å². The van der Waals surface area contributed by atoms with Gasteiger partial charge in [-0.05, 0) is 34.1 Å². The van der Waals surface area contributed by atoms with E-state index in [-0.39, 0.29) is 19.8 Å². The summed E-state index contributed by atoms with van der Waals surface area (Å²) in [6.45, 7) is -0.221. The molecule has 0 saturated carbocycles. The molecule has 0 aromatic heterocycles. The summed E-state index contributed by atoms with van der Waals surface area (Å²) >= 11 is 9.07. The van der Waals surface area contributed by atoms with E-state index in [0.717, 1.165) is 4.90 Å². The zero-order valence-electron chi connectivity index (χ0n) is 11.3. The summed E-state index contributed by atoms with van der Waals surface area (Å²) in [5, 5.41) is 9.33. The number of benzene rings is 1. The van der Waals surface area contributed by atoms with Gasteiger partial charge in [-0.2, -0.15) is 0 Å². The van der Waals surface area contributed by atoms with Gasteiger partial charge in [0.05, 0.1) is 11.1 Å². The van der Waals surface area contributed by atoms with Crippen LogP contribution in [0.15, 0.2) is 22.7 Å². The first-order valence-corrected chi connectivity index (χ1v) is 7.17. The van der Waals surface area contributed by atoms with E-state index < -0.39 is 18.4 Å². The van der Waals surface area contributed by atoms with Crippen LogP contribution in [-0.4, -0.2) is 55.3 Å². The Balaban J connectivity index is 2.61. The Morgan fingerprint density at radius 1 is 1.43 bits per heavy atom. The van der Waals surface area contributed by atoms with Crippen LogP contribution >= 0.6 is 27.5 Å². The van der Waals surface area contributed by atoms with Gasteiger partial charge in [0, 0.05) is 18.7 Å². The topological polar surface area (TPSA) is 76.1 Å². The highest BCUT2D eigenvalue weighted by atomic mass is 79.9. The fraction of sp³-hybridized carbons (Fsp3) is 0.385. The monoisotopic (exact) mass is 379 g/mol. The molecule has 0 unspecified atom stereocenters. The molecule has 0 saturated heterocycles. The van der Waals surface area contributed by atoms with Gasteiger partial charge in [-0.1, -0.05) is 11.6 Å². The van der Waals surface area contributed by atoms with Crippen molar-refractivity contribution >= 4 is 39.4 Å². The van der Waals surface area contributed by atoms with Crippen LogP contribution in [0.4, 0.5) is 0 Å². The highest BCUT2D eigenvalue weighted by Gasteiger charge is 2.17. The average molecular weight is 381 g/mol. The number of methoxy groups -OCH3 is 1. The smallest absolute Gasteiger partial charge is 0.323 e. The lowest BCUT2D eigenvalue weighted by atomic mass is 10.3. The number of ether oxygens (including phenoxy) is 2. The summed E-state index contributed by atoms with van der Waals surface area (Å²) in [5.41, 5.74) is 0. The molecule has 0 aliphatic rings. The van der Waals surface area contributed by atoms with Gasteiger partial charge in [0.1, 0.15) is 12.3 Å². The highest BCUT2D eigenvalue weighted by molar-refractivity contribution is 9.10. The molecule has 0 spiro atoms. The third-order valence-corrected chi connectivity index (χ3v) is 3.34. The molecule has 21 heavy (non-hydrogen) atoms. The lowest BCUT2D eigenvalue weighted by Gasteiger charge is -2.20. The number of hydrogen-bond acceptors (Lipinski definition) is 4. The molecule has 1 amide bonds. The Morgan fingerprint density at radius 2 is 2.14 bits per heavy atom. The van der Waals surface area contributed by atoms with Crippen molar-refractivity contribution in [2.45, 2.75) is 0 Å². The minimum absolute atomic E-state index is 0.187. The van der Waals surface area contributed by atoms with Gasteiger partial charge in [0.25, 0.3) is 5.91 Å². The van der Waals surface area contributed by atoms with E-state index in [9.17, 15) is 9.59 Å². The summed E-state index contributed by atoms with van der Waals surface area (Å²) in [7, 11) is 1.48. The lowest BCUT2D eigenvalue weighted by molar-refractivity contribution is -0.145. The predicted octanol–water partition coefficient (Wildman–Crippen LogP) is 2.04. The molecule has 116 valence electrons. The zero-order chi connectivity index (χ0) is 15.8. The molecule has 6 nitrogen and oxygen atoms in total. The van der Waals surface area contributed by atoms with Crippen LogP contribution in [0.1, 0.15) is 0 Å². The molecule has 1 aromatic carbocycles. The number of rotatable bonds is 8. The summed E-state index contributed by atoms with van der Waals surface area (Å²) in [4.78, 5) is 23.9. The van der Waals surface area contributed by atoms with E-state index in [4.69, 9.17) is 26.2 Å². The van der Waals surface area contributed by atoms with Crippen molar-refractivity contribution in [3.05, 3.63) is 27.7 Å². The van der Waals surface area contributed by atoms with Crippen molar-refractivity contribution in [2.75, 3.05) is 33.4 Å². The van der Waals surface area contributed by atoms with Crippen LogP contribution in [0.2, 0.25) is 5.02 Å². The van der Waals surface area contributed by atoms with Crippen LogP contribution in [0, 0.1) is 0 Å². The summed E-state index contributed by atoms with van der Waals surface area (Å²) in [6, 6.07) is 4.89. The van der Waals surface area contributed by atoms with Crippen LogP contribution < -0.4 is 4.74 Å². The van der Waals surface area contributed by atoms with E-state index in [2.05, 4.69) is 15.9 Å². The molecule has 0 aliphatic heterocycles. The minimum atomic E-state index is -1.09. The maximum absolute atomic E-state index is 12.0. The van der Waals surface area contributed by atoms with Gasteiger partial charge in [-0.25, -0.2) is 0 Å². The number of aliphatic carboxylic acids is 1. The molecular weight excluding hydrogens is 366 g/mol. The molecule has 1 N–H and O–H groups in total. The van der Waals surface area contributed by atoms with Gasteiger partial charge >= 0.3 is 5.97 Å². The quantitative estimate of drug-likeness (QED) is 0.747. The SMILES string of the molecule is COCCN(CC(=O)O)C(=O)COc1ccc(Cl)cc1Br. The first-order valence-electron chi connectivity index (χ1n) is 6.00. The number of carbonyl (C=O) groups excluding carboxylic acids is 1. The number of halogens is 2. The fourth-order valence-corrected chi connectivity index (χ4v) is 2.28. The minimum Gasteiger partial charge on any atom is -0.483 e. The van der Waals surface area contributed by atoms with Crippen molar-refractivity contribution in [3.63, 3.8) is 0 Å². The van der Waals surface area contributed by atoms with Crippen LogP contribution in [-0.2, 0) is 14.3 Å². The van der Waals surface area contributed by atoms with Crippen molar-refractivity contribution < 1.29 is 24.2 Å². The molecule has 0 aliphatic carbocycles. The number of hydrogen-bond donors (Lipinski definition) is 1. The second kappa shape index (κ2) is 8.86. The van der Waals surface area contributed by atoms with E-state index in [1.807, 2.05) is 0 Å². The number of amides is 1. The highest BCUT2D eigenvalue weighted by Crippen LogP contribution is 2.27. The third-order valence-electron chi connectivity index (χ3n) is 2.49. The lowest BCUT2D eigenvalue weighted by Crippen LogP contribution is -2.40. The summed E-state index contributed by atoms with van der Waals surface area (Å²) in [5.74, 6) is -1.07. The van der Waals surface area contributed by atoms with Gasteiger partial charge in [-0.3, -0.25) is 9.59 Å². The predicted molar refractivity (Wildman–Crippen MR) is 80.7 cm³/mol. The zero-order valence-corrected chi connectivity index (χ0v) is 13.7. The third kappa shape index (κ3) is 6.33. The molecule has 1 aromatic rings. The summed E-state index contributed by atoms with van der Waals surface area (Å²) in [6.07, 6.45) is 0. The van der Waals surface area contributed by atoms with E-state index in [1.165, 1.54) is 7.11 Å². The first kappa shape index (κ1) is 17.7. The van der Waals surface area contributed by atoms with Crippen molar-refractivity contribution in [1.82, 2.24) is 4.90 Å². The Hall–Kier alpha value is -1.31. The molecule has 0 radical (unpaired) electrons. The number of nitrogens with zero attached hydrogens (tertiary/aromatic N) is 1. The fourth-order valence-electron chi connectivity index (χ4n) is 1.48. The van der Waals surface area contributed by atoms with Gasteiger partial charge in [-0.15, -0.1) is 0 Å². The van der Waals surface area contributed by atoms with Gasteiger partial charge in [0.2, 0.25) is 0 Å². The maximum atomic E-state index is 12.0.